The van der Waals surface area contributed by atoms with E-state index in [0.717, 1.165) is 24.6 Å². The van der Waals surface area contributed by atoms with Gasteiger partial charge in [0, 0.05) is 12.3 Å². The summed E-state index contributed by atoms with van der Waals surface area (Å²) in [5, 5.41) is 11.3. The second-order valence-corrected chi connectivity index (χ2v) is 5.13. The molecule has 0 fully saturated rings. The number of alkyl halides is 3. The summed E-state index contributed by atoms with van der Waals surface area (Å²) in [6.07, 6.45) is -3.26. The van der Waals surface area contributed by atoms with E-state index in [1.54, 1.807) is 0 Å². The monoisotopic (exact) mass is 329 g/mol. The standard InChI is InChI=1S/C14H11ClF3N3O/c15-10-4-3-8(14(16,17)18)6-12(10)21-13(22)9(7-19)11-2-1-5-20-11/h3-4,6,9H,1-2,5H2,(H,21,22)/t9-/m1/s1. The first-order chi connectivity index (χ1) is 10.3. The zero-order valence-corrected chi connectivity index (χ0v) is 12.0. The lowest BCUT2D eigenvalue weighted by atomic mass is 10.0. The molecule has 1 atom stereocenters. The fourth-order valence-electron chi connectivity index (χ4n) is 2.08. The summed E-state index contributed by atoms with van der Waals surface area (Å²) in [7, 11) is 0. The van der Waals surface area contributed by atoms with Gasteiger partial charge in [0.1, 0.15) is 0 Å². The van der Waals surface area contributed by atoms with E-state index in [4.69, 9.17) is 16.9 Å². The highest BCUT2D eigenvalue weighted by Gasteiger charge is 2.32. The van der Waals surface area contributed by atoms with Gasteiger partial charge in [0.05, 0.1) is 22.3 Å². The second kappa shape index (κ2) is 6.36. The van der Waals surface area contributed by atoms with Crippen LogP contribution in [0.3, 0.4) is 0 Å². The number of nitrogens with zero attached hydrogens (tertiary/aromatic N) is 2. The normalized spacial score (nSPS) is 15.9. The number of rotatable bonds is 3. The number of hydrogen-bond donors (Lipinski definition) is 1. The summed E-state index contributed by atoms with van der Waals surface area (Å²) in [4.78, 5) is 16.2. The number of nitrogens with one attached hydrogen (secondary N) is 1. The lowest BCUT2D eigenvalue weighted by Gasteiger charge is -2.13. The van der Waals surface area contributed by atoms with E-state index in [0.29, 0.717) is 18.7 Å². The van der Waals surface area contributed by atoms with Gasteiger partial charge in [-0.1, -0.05) is 11.6 Å². The van der Waals surface area contributed by atoms with E-state index in [2.05, 4.69) is 10.3 Å². The molecule has 2 rings (SSSR count). The molecule has 4 nitrogen and oxygen atoms in total. The zero-order chi connectivity index (χ0) is 16.3. The molecule has 0 spiro atoms. The van der Waals surface area contributed by atoms with E-state index in [-0.39, 0.29) is 10.7 Å². The van der Waals surface area contributed by atoms with Crippen molar-refractivity contribution in [1.82, 2.24) is 0 Å². The third-order valence-corrected chi connectivity index (χ3v) is 3.51. The first kappa shape index (κ1) is 16.3. The summed E-state index contributed by atoms with van der Waals surface area (Å²) in [5.74, 6) is -1.85. The zero-order valence-electron chi connectivity index (χ0n) is 11.2. The molecule has 0 aromatic heterocycles. The number of carbonyl (C=O) groups is 1. The molecule has 1 aromatic carbocycles. The number of halogens is 4. The fraction of sp³-hybridized carbons (Fsp3) is 0.357. The van der Waals surface area contributed by atoms with Crippen LogP contribution in [0.15, 0.2) is 23.2 Å². The Morgan fingerprint density at radius 3 is 2.73 bits per heavy atom. The van der Waals surface area contributed by atoms with Crippen LogP contribution in [0.4, 0.5) is 18.9 Å². The van der Waals surface area contributed by atoms with Crippen LogP contribution in [-0.4, -0.2) is 18.2 Å². The molecule has 0 saturated heterocycles. The molecule has 1 aliphatic rings. The van der Waals surface area contributed by atoms with Crippen molar-refractivity contribution in [3.63, 3.8) is 0 Å². The first-order valence-corrected chi connectivity index (χ1v) is 6.81. The lowest BCUT2D eigenvalue weighted by Crippen LogP contribution is -2.28. The third-order valence-electron chi connectivity index (χ3n) is 3.18. The molecule has 1 amide bonds. The predicted octanol–water partition coefficient (Wildman–Crippen LogP) is 3.67. The van der Waals surface area contributed by atoms with Gasteiger partial charge in [-0.25, -0.2) is 0 Å². The molecule has 0 unspecified atom stereocenters. The average Bonchev–Trinajstić information content (AvgIpc) is 2.94. The largest absolute Gasteiger partial charge is 0.416 e. The highest BCUT2D eigenvalue weighted by molar-refractivity contribution is 6.34. The molecule has 1 heterocycles. The van der Waals surface area contributed by atoms with Crippen LogP contribution in [0.5, 0.6) is 0 Å². The Balaban J connectivity index is 2.22. The smallest absolute Gasteiger partial charge is 0.323 e. The number of hydrogen-bond acceptors (Lipinski definition) is 3. The maximum absolute atomic E-state index is 12.7. The predicted molar refractivity (Wildman–Crippen MR) is 75.7 cm³/mol. The van der Waals surface area contributed by atoms with Gasteiger partial charge < -0.3 is 5.32 Å². The van der Waals surface area contributed by atoms with Crippen molar-refractivity contribution < 1.29 is 18.0 Å². The van der Waals surface area contributed by atoms with Crippen LogP contribution in [0.25, 0.3) is 0 Å². The van der Waals surface area contributed by atoms with Crippen LogP contribution < -0.4 is 5.32 Å². The summed E-state index contributed by atoms with van der Waals surface area (Å²) < 4.78 is 38.0. The topological polar surface area (TPSA) is 65.2 Å². The third kappa shape index (κ3) is 3.57. The molecule has 0 aliphatic carbocycles. The minimum absolute atomic E-state index is 0.0357. The van der Waals surface area contributed by atoms with Crippen molar-refractivity contribution in [2.45, 2.75) is 19.0 Å². The van der Waals surface area contributed by atoms with Gasteiger partial charge >= 0.3 is 6.18 Å². The molecule has 8 heteroatoms. The van der Waals surface area contributed by atoms with Crippen molar-refractivity contribution in [3.05, 3.63) is 28.8 Å². The Labute approximate surface area is 129 Å². The lowest BCUT2D eigenvalue weighted by molar-refractivity contribution is -0.137. The van der Waals surface area contributed by atoms with Gasteiger partial charge in [-0.3, -0.25) is 9.79 Å². The van der Waals surface area contributed by atoms with Crippen LogP contribution in [0, 0.1) is 17.2 Å². The molecule has 1 N–H and O–H groups in total. The van der Waals surface area contributed by atoms with E-state index in [9.17, 15) is 18.0 Å². The van der Waals surface area contributed by atoms with Crippen LogP contribution in [0.1, 0.15) is 18.4 Å². The Morgan fingerprint density at radius 2 is 2.18 bits per heavy atom. The molecule has 0 bridgehead atoms. The summed E-state index contributed by atoms with van der Waals surface area (Å²) in [6, 6.07) is 4.43. The highest BCUT2D eigenvalue weighted by atomic mass is 35.5. The molecule has 1 aromatic rings. The molecule has 116 valence electrons. The van der Waals surface area contributed by atoms with Gasteiger partial charge in [0.2, 0.25) is 5.91 Å². The quantitative estimate of drug-likeness (QED) is 0.919. The van der Waals surface area contributed by atoms with Crippen molar-refractivity contribution in [1.29, 1.82) is 5.26 Å². The van der Waals surface area contributed by atoms with E-state index in [1.807, 2.05) is 6.07 Å². The van der Waals surface area contributed by atoms with Crippen molar-refractivity contribution in [2.24, 2.45) is 10.9 Å². The van der Waals surface area contributed by atoms with Crippen LogP contribution in [-0.2, 0) is 11.0 Å². The maximum atomic E-state index is 12.7. The molecule has 0 saturated carbocycles. The van der Waals surface area contributed by atoms with Crippen LogP contribution >= 0.6 is 11.6 Å². The number of benzene rings is 1. The summed E-state index contributed by atoms with van der Waals surface area (Å²) in [5.41, 5.74) is -0.664. The minimum Gasteiger partial charge on any atom is -0.323 e. The summed E-state index contributed by atoms with van der Waals surface area (Å²) in [6.45, 7) is 0.547. The molecular formula is C14H11ClF3N3O. The van der Waals surface area contributed by atoms with E-state index in [1.165, 1.54) is 0 Å². The average molecular weight is 330 g/mol. The Kier molecular flexibility index (Phi) is 4.71. The number of amides is 1. The van der Waals surface area contributed by atoms with Gasteiger partial charge in [-0.2, -0.15) is 18.4 Å². The highest BCUT2D eigenvalue weighted by Crippen LogP contribution is 2.34. The Morgan fingerprint density at radius 1 is 1.45 bits per heavy atom. The summed E-state index contributed by atoms with van der Waals surface area (Å²) >= 11 is 5.80. The first-order valence-electron chi connectivity index (χ1n) is 6.43. The van der Waals surface area contributed by atoms with Gasteiger partial charge in [0.25, 0.3) is 0 Å². The number of anilines is 1. The number of carbonyl (C=O) groups excluding carboxylic acids is 1. The second-order valence-electron chi connectivity index (χ2n) is 4.72. The van der Waals surface area contributed by atoms with E-state index >= 15 is 0 Å². The number of aliphatic imine (C=N–C) groups is 1. The van der Waals surface area contributed by atoms with Crippen LogP contribution in [0.2, 0.25) is 5.02 Å². The Bertz CT molecular complexity index is 664. The maximum Gasteiger partial charge on any atom is 0.416 e. The fourth-order valence-corrected chi connectivity index (χ4v) is 2.25. The minimum atomic E-state index is -4.55. The van der Waals surface area contributed by atoms with Crippen molar-refractivity contribution in [3.8, 4) is 6.07 Å². The number of nitriles is 1. The SMILES string of the molecule is N#C[C@@H](C(=O)Nc1cc(C(F)(F)F)ccc1Cl)C1=NCCC1. The van der Waals surface area contributed by atoms with Crippen molar-refractivity contribution >= 4 is 28.9 Å². The Hall–Kier alpha value is -2.07. The van der Waals surface area contributed by atoms with E-state index < -0.39 is 23.6 Å². The van der Waals surface area contributed by atoms with Gasteiger partial charge in [-0.05, 0) is 31.0 Å². The van der Waals surface area contributed by atoms with Gasteiger partial charge in [-0.15, -0.1) is 0 Å². The molecular weight excluding hydrogens is 319 g/mol. The van der Waals surface area contributed by atoms with Gasteiger partial charge in [0.15, 0.2) is 5.92 Å². The molecule has 22 heavy (non-hydrogen) atoms. The molecule has 0 radical (unpaired) electrons. The van der Waals surface area contributed by atoms with Crippen molar-refractivity contribution in [2.75, 3.05) is 11.9 Å². The molecule has 1 aliphatic heterocycles.